The van der Waals surface area contributed by atoms with Crippen LogP contribution in [0.15, 0.2) is 78.9 Å². The van der Waals surface area contributed by atoms with Crippen LogP contribution in [0.3, 0.4) is 0 Å². The number of hydrogen-bond acceptors (Lipinski definition) is 3. The molecule has 3 aromatic rings. The predicted molar refractivity (Wildman–Crippen MR) is 87.0 cm³/mol. The Labute approximate surface area is 135 Å². The highest BCUT2D eigenvalue weighted by atomic mass is 16.6. The summed E-state index contributed by atoms with van der Waals surface area (Å²) in [5.74, 6) is 0.796. The Morgan fingerprint density at radius 1 is 0.826 bits per heavy atom. The molecule has 0 aliphatic carbocycles. The zero-order valence-electron chi connectivity index (χ0n) is 12.5. The van der Waals surface area contributed by atoms with Crippen LogP contribution in [0.2, 0.25) is 0 Å². The summed E-state index contributed by atoms with van der Waals surface area (Å²) >= 11 is 0. The molecule has 4 rings (SSSR count). The van der Waals surface area contributed by atoms with E-state index in [0.717, 1.165) is 22.4 Å². The summed E-state index contributed by atoms with van der Waals surface area (Å²) in [5, 5.41) is 12.2. The lowest BCUT2D eigenvalue weighted by molar-refractivity contribution is -0.220. The maximum atomic E-state index is 10.9. The molecular weight excluding hydrogens is 286 g/mol. The Morgan fingerprint density at radius 2 is 1.52 bits per heavy atom. The molecule has 3 nitrogen and oxygen atoms in total. The molecule has 23 heavy (non-hydrogen) atoms. The van der Waals surface area contributed by atoms with Gasteiger partial charge in [-0.2, -0.15) is 0 Å². The van der Waals surface area contributed by atoms with Crippen LogP contribution in [-0.2, 0) is 0 Å². The van der Waals surface area contributed by atoms with Crippen molar-refractivity contribution < 1.29 is 9.94 Å². The summed E-state index contributed by atoms with van der Waals surface area (Å²) < 4.78 is 6.05. The summed E-state index contributed by atoms with van der Waals surface area (Å²) in [6.45, 7) is 0. The van der Waals surface area contributed by atoms with Gasteiger partial charge < -0.3 is 9.94 Å². The van der Waals surface area contributed by atoms with Crippen LogP contribution < -0.4 is 4.74 Å². The highest BCUT2D eigenvalue weighted by Gasteiger charge is 2.36. The van der Waals surface area contributed by atoms with E-state index in [1.54, 1.807) is 0 Å². The third-order valence-corrected chi connectivity index (χ3v) is 4.10. The fourth-order valence-corrected chi connectivity index (χ4v) is 3.02. The Bertz CT molecular complexity index is 789. The molecule has 2 atom stereocenters. The van der Waals surface area contributed by atoms with E-state index in [1.165, 1.54) is 5.06 Å². The van der Waals surface area contributed by atoms with E-state index in [-0.39, 0.29) is 6.04 Å². The first-order chi connectivity index (χ1) is 11.3. The average Bonchev–Trinajstić information content (AvgIpc) is 2.63. The first kappa shape index (κ1) is 14.0. The minimum Gasteiger partial charge on any atom is -0.468 e. The van der Waals surface area contributed by atoms with Gasteiger partial charge in [-0.3, -0.25) is 0 Å². The Hall–Kier alpha value is -2.62. The van der Waals surface area contributed by atoms with Crippen LogP contribution in [0.1, 0.15) is 29.0 Å². The molecule has 0 aromatic heterocycles. The molecule has 1 radical (unpaired) electrons. The topological polar surface area (TPSA) is 32.7 Å². The van der Waals surface area contributed by atoms with Crippen molar-refractivity contribution in [3.05, 3.63) is 102 Å². The second kappa shape index (κ2) is 5.88. The molecule has 3 aromatic carbocycles. The molecule has 0 spiro atoms. The Morgan fingerprint density at radius 3 is 2.30 bits per heavy atom. The molecular formula is C20H16NO2. The molecule has 3 heteroatoms. The van der Waals surface area contributed by atoms with E-state index in [4.69, 9.17) is 4.74 Å². The van der Waals surface area contributed by atoms with E-state index < -0.39 is 6.23 Å². The van der Waals surface area contributed by atoms with Crippen molar-refractivity contribution in [2.75, 3.05) is 0 Å². The summed E-state index contributed by atoms with van der Waals surface area (Å²) in [6.07, 6.45) is -0.541. The highest BCUT2D eigenvalue weighted by molar-refractivity contribution is 5.43. The van der Waals surface area contributed by atoms with Crippen LogP contribution in [-0.4, -0.2) is 10.3 Å². The standard InChI is InChI=1S/C20H16NO2/c22-21-19(15-9-3-1-4-10-15)17-13-7-8-14-18(17)23-20(21)16-11-5-2-6-12-16/h2-14,19-20,22H. The van der Waals surface area contributed by atoms with Gasteiger partial charge in [0, 0.05) is 11.1 Å². The molecule has 1 aliphatic heterocycles. The van der Waals surface area contributed by atoms with Gasteiger partial charge in [0.2, 0.25) is 6.23 Å². The van der Waals surface area contributed by atoms with E-state index in [2.05, 4.69) is 6.07 Å². The maximum absolute atomic E-state index is 10.9. The van der Waals surface area contributed by atoms with Crippen LogP contribution in [0, 0.1) is 6.07 Å². The molecule has 0 amide bonds. The summed E-state index contributed by atoms with van der Waals surface area (Å²) in [6, 6.07) is 28.0. The highest BCUT2D eigenvalue weighted by Crippen LogP contribution is 2.43. The number of nitrogens with zero attached hydrogens (tertiary/aromatic N) is 1. The van der Waals surface area contributed by atoms with Crippen molar-refractivity contribution in [1.29, 1.82) is 0 Å². The number of ether oxygens (including phenoxy) is 1. The van der Waals surface area contributed by atoms with Crippen LogP contribution >= 0.6 is 0 Å². The molecule has 1 aliphatic rings. The minimum absolute atomic E-state index is 0.278. The third kappa shape index (κ3) is 2.50. The predicted octanol–water partition coefficient (Wildman–Crippen LogP) is 4.36. The summed E-state index contributed by atoms with van der Waals surface area (Å²) in [5.41, 5.74) is 2.87. The van der Waals surface area contributed by atoms with Crippen molar-refractivity contribution >= 4 is 0 Å². The largest absolute Gasteiger partial charge is 0.468 e. The zero-order chi connectivity index (χ0) is 15.6. The van der Waals surface area contributed by atoms with E-state index >= 15 is 0 Å². The fourth-order valence-electron chi connectivity index (χ4n) is 3.02. The smallest absolute Gasteiger partial charge is 0.201 e. The summed E-state index contributed by atoms with van der Waals surface area (Å²) in [4.78, 5) is 0. The van der Waals surface area contributed by atoms with Gasteiger partial charge in [-0.25, -0.2) is 0 Å². The number of hydrogen-bond donors (Lipinski definition) is 1. The second-order valence-corrected chi connectivity index (χ2v) is 5.53. The molecule has 113 valence electrons. The SMILES string of the molecule is ON1C(c2ccccc2)Oc2ccccc2C1c1cc[c]cc1. The van der Waals surface area contributed by atoms with Gasteiger partial charge in [0.1, 0.15) is 5.75 Å². The van der Waals surface area contributed by atoms with Crippen molar-refractivity contribution in [1.82, 2.24) is 5.06 Å². The zero-order valence-corrected chi connectivity index (χ0v) is 12.5. The van der Waals surface area contributed by atoms with Gasteiger partial charge in [0.25, 0.3) is 0 Å². The lowest BCUT2D eigenvalue weighted by atomic mass is 9.95. The minimum atomic E-state index is -0.541. The lowest BCUT2D eigenvalue weighted by Crippen LogP contribution is -2.37. The quantitative estimate of drug-likeness (QED) is 0.763. The average molecular weight is 302 g/mol. The third-order valence-electron chi connectivity index (χ3n) is 4.10. The van der Waals surface area contributed by atoms with Crippen molar-refractivity contribution in [3.63, 3.8) is 0 Å². The van der Waals surface area contributed by atoms with Crippen molar-refractivity contribution in [2.24, 2.45) is 0 Å². The Balaban J connectivity index is 1.83. The lowest BCUT2D eigenvalue weighted by Gasteiger charge is -2.39. The molecule has 1 heterocycles. The molecule has 0 saturated heterocycles. The molecule has 2 unspecified atom stereocenters. The van der Waals surface area contributed by atoms with Gasteiger partial charge in [-0.1, -0.05) is 72.8 Å². The number of benzene rings is 3. The number of rotatable bonds is 2. The number of hydroxylamine groups is 2. The van der Waals surface area contributed by atoms with Crippen LogP contribution in [0.25, 0.3) is 0 Å². The first-order valence-electron chi connectivity index (χ1n) is 7.58. The molecule has 0 saturated carbocycles. The molecule has 0 fully saturated rings. The van der Waals surface area contributed by atoms with Gasteiger partial charge in [-0.05, 0) is 17.7 Å². The fraction of sp³-hybridized carbons (Fsp3) is 0.100. The van der Waals surface area contributed by atoms with Crippen molar-refractivity contribution in [2.45, 2.75) is 12.3 Å². The Kier molecular flexibility index (Phi) is 3.58. The van der Waals surface area contributed by atoms with Crippen LogP contribution in [0.5, 0.6) is 5.75 Å². The number of para-hydroxylation sites is 1. The second-order valence-electron chi connectivity index (χ2n) is 5.53. The number of fused-ring (bicyclic) bond motifs is 1. The first-order valence-corrected chi connectivity index (χ1v) is 7.58. The molecule has 1 N–H and O–H groups in total. The van der Waals surface area contributed by atoms with E-state index in [0.29, 0.717) is 0 Å². The van der Waals surface area contributed by atoms with Crippen LogP contribution in [0.4, 0.5) is 0 Å². The monoisotopic (exact) mass is 302 g/mol. The normalized spacial score (nSPS) is 20.6. The van der Waals surface area contributed by atoms with Crippen molar-refractivity contribution in [3.8, 4) is 5.75 Å². The van der Waals surface area contributed by atoms with Gasteiger partial charge >= 0.3 is 0 Å². The van der Waals surface area contributed by atoms with E-state index in [1.807, 2.05) is 78.9 Å². The molecule has 0 bridgehead atoms. The van der Waals surface area contributed by atoms with Gasteiger partial charge in [0.15, 0.2) is 0 Å². The van der Waals surface area contributed by atoms with Gasteiger partial charge in [-0.15, -0.1) is 5.06 Å². The van der Waals surface area contributed by atoms with Gasteiger partial charge in [0.05, 0.1) is 6.04 Å². The van der Waals surface area contributed by atoms with E-state index in [9.17, 15) is 5.21 Å². The maximum Gasteiger partial charge on any atom is 0.201 e. The summed E-state index contributed by atoms with van der Waals surface area (Å²) in [7, 11) is 0.